The van der Waals surface area contributed by atoms with E-state index in [1.165, 1.54) is 0 Å². The molecule has 0 atom stereocenters. The van der Waals surface area contributed by atoms with Crippen LogP contribution in [-0.2, 0) is 0 Å². The lowest BCUT2D eigenvalue weighted by molar-refractivity contribution is 1.05. The zero-order valence-corrected chi connectivity index (χ0v) is 21.3. The Balaban J connectivity index is 1.78. The summed E-state index contributed by atoms with van der Waals surface area (Å²) in [4.78, 5) is 14.5. The molecule has 2 bridgehead atoms. The summed E-state index contributed by atoms with van der Waals surface area (Å²) in [5.41, 5.74) is 4.13. The number of hydrogen-bond acceptors (Lipinski definition) is 3. The van der Waals surface area contributed by atoms with Crippen molar-refractivity contribution >= 4 is 88.3 Å². The van der Waals surface area contributed by atoms with Gasteiger partial charge in [-0.05, 0) is 34.5 Å². The third-order valence-corrected chi connectivity index (χ3v) is 8.05. The second-order valence-electron chi connectivity index (χ2n) is 9.86. The van der Waals surface area contributed by atoms with Crippen LogP contribution in [0.15, 0.2) is 109 Å². The number of halogens is 1. The molecule has 9 aromatic rings. The van der Waals surface area contributed by atoms with E-state index in [1.807, 2.05) is 12.1 Å². The van der Waals surface area contributed by atoms with Gasteiger partial charge < -0.3 is 0 Å². The molecule has 0 aliphatic carbocycles. The monoisotopic (exact) mass is 519 g/mol. The largest absolute Gasteiger partial charge is 0.277 e. The van der Waals surface area contributed by atoms with Gasteiger partial charge in [0.25, 0.3) is 0 Å². The summed E-state index contributed by atoms with van der Waals surface area (Å²) in [5, 5.41) is 9.21. The van der Waals surface area contributed by atoms with Gasteiger partial charge in [-0.25, -0.2) is 0 Å². The smallest absolute Gasteiger partial charge is 0.240 e. The summed E-state index contributed by atoms with van der Waals surface area (Å²) < 4.78 is 4.26. The van der Waals surface area contributed by atoms with Crippen molar-refractivity contribution in [3.8, 4) is 0 Å². The van der Waals surface area contributed by atoms with Gasteiger partial charge in [-0.1, -0.05) is 97.1 Å². The summed E-state index contributed by atoms with van der Waals surface area (Å²) >= 11 is 6.68. The zero-order valence-electron chi connectivity index (χ0n) is 20.5. The average Bonchev–Trinajstić information content (AvgIpc) is 3.50. The Morgan fingerprint density at radius 1 is 0.385 bits per heavy atom. The minimum Gasteiger partial charge on any atom is -0.277 e. The van der Waals surface area contributed by atoms with E-state index in [1.54, 1.807) is 0 Å². The minimum atomic E-state index is 0.151. The molecule has 0 amide bonds. The standard InChI is InChI=1S/C33H18ClN5/c34-31-35-32-37-33(36-31)39-28-18-6-4-12-22(28)26-16-8-14-24(30(26)39)20-10-2-1-9-19(20)23-13-7-15-25-21-11-3-5-17-27(21)38(32)29(23)25/h1-18H. The number of rotatable bonds is 0. The fraction of sp³-hybridized carbons (Fsp3) is 0. The molecule has 0 saturated carbocycles. The van der Waals surface area contributed by atoms with Crippen LogP contribution in [0.5, 0.6) is 0 Å². The van der Waals surface area contributed by atoms with E-state index in [-0.39, 0.29) is 5.28 Å². The second-order valence-corrected chi connectivity index (χ2v) is 10.2. The highest BCUT2D eigenvalue weighted by Gasteiger charge is 2.17. The fourth-order valence-corrected chi connectivity index (χ4v) is 6.52. The number of nitrogens with zero attached hydrogens (tertiary/aromatic N) is 5. The van der Waals surface area contributed by atoms with Crippen molar-refractivity contribution in [2.45, 2.75) is 0 Å². The Morgan fingerprint density at radius 3 is 1.21 bits per heavy atom. The summed E-state index contributed by atoms with van der Waals surface area (Å²) in [6.07, 6.45) is 0. The molecule has 9 rings (SSSR count). The van der Waals surface area contributed by atoms with Crippen LogP contribution in [0.25, 0.3) is 76.7 Å². The van der Waals surface area contributed by atoms with Gasteiger partial charge in [-0.3, -0.25) is 8.80 Å². The summed E-state index contributed by atoms with van der Waals surface area (Å²) in [6, 6.07) is 38.4. The molecule has 0 aliphatic heterocycles. The number of hydrogen-bond donors (Lipinski definition) is 0. The van der Waals surface area contributed by atoms with Gasteiger partial charge in [0, 0.05) is 32.3 Å². The maximum Gasteiger partial charge on any atom is 0.240 e. The molecule has 39 heavy (non-hydrogen) atoms. The predicted molar refractivity (Wildman–Crippen MR) is 161 cm³/mol. The van der Waals surface area contributed by atoms with Gasteiger partial charge in [-0.15, -0.1) is 0 Å². The van der Waals surface area contributed by atoms with Gasteiger partial charge in [0.15, 0.2) is 0 Å². The molecule has 0 radical (unpaired) electrons. The molecule has 5 nitrogen and oxygen atoms in total. The molecular weight excluding hydrogens is 502 g/mol. The van der Waals surface area contributed by atoms with E-state index in [0.29, 0.717) is 11.6 Å². The SMILES string of the molecule is Clc1nc2nc(n1)n1c3ccccc3c3cccc(c4ccccc4c4cccc5c6ccccc6n2c45)c31. The first-order chi connectivity index (χ1) is 19.3. The van der Waals surface area contributed by atoms with Gasteiger partial charge in [0.2, 0.25) is 16.8 Å². The highest BCUT2D eigenvalue weighted by atomic mass is 35.5. The molecule has 0 unspecified atom stereocenters. The lowest BCUT2D eigenvalue weighted by Crippen LogP contribution is -1.99. The highest BCUT2D eigenvalue weighted by Crippen LogP contribution is 2.38. The Bertz CT molecular complexity index is 2350. The van der Waals surface area contributed by atoms with Gasteiger partial charge in [0.05, 0.1) is 22.1 Å². The maximum absolute atomic E-state index is 6.68. The van der Waals surface area contributed by atoms with Crippen LogP contribution < -0.4 is 0 Å². The van der Waals surface area contributed by atoms with Crippen molar-refractivity contribution in [3.05, 3.63) is 114 Å². The molecule has 0 saturated heterocycles. The van der Waals surface area contributed by atoms with Crippen molar-refractivity contribution in [2.24, 2.45) is 0 Å². The quantitative estimate of drug-likeness (QED) is 0.202. The van der Waals surface area contributed by atoms with E-state index in [4.69, 9.17) is 16.6 Å². The first-order valence-electron chi connectivity index (χ1n) is 12.8. The maximum atomic E-state index is 6.68. The molecule has 0 aliphatic rings. The zero-order chi connectivity index (χ0) is 25.7. The van der Waals surface area contributed by atoms with E-state index in [0.717, 1.165) is 65.2 Å². The molecule has 6 heteroatoms. The van der Waals surface area contributed by atoms with E-state index >= 15 is 0 Å². The van der Waals surface area contributed by atoms with Crippen LogP contribution in [0.4, 0.5) is 0 Å². The van der Waals surface area contributed by atoms with Crippen LogP contribution in [0.1, 0.15) is 0 Å². The van der Waals surface area contributed by atoms with Crippen LogP contribution in [0.2, 0.25) is 5.28 Å². The van der Waals surface area contributed by atoms with Gasteiger partial charge >= 0.3 is 0 Å². The molecule has 0 spiro atoms. The lowest BCUT2D eigenvalue weighted by atomic mass is 10.0. The molecular formula is C33H18ClN5. The predicted octanol–water partition coefficient (Wildman–Crippen LogP) is 8.51. The van der Waals surface area contributed by atoms with Gasteiger partial charge in [0.1, 0.15) is 0 Å². The highest BCUT2D eigenvalue weighted by molar-refractivity contribution is 6.29. The van der Waals surface area contributed by atoms with Crippen LogP contribution in [0.3, 0.4) is 0 Å². The third kappa shape index (κ3) is 2.72. The topological polar surface area (TPSA) is 47.5 Å². The number of benzene rings is 5. The van der Waals surface area contributed by atoms with Gasteiger partial charge in [-0.2, -0.15) is 15.0 Å². The van der Waals surface area contributed by atoms with E-state index in [2.05, 4.69) is 116 Å². The number of para-hydroxylation sites is 4. The van der Waals surface area contributed by atoms with Crippen LogP contribution >= 0.6 is 11.6 Å². The molecule has 0 fully saturated rings. The van der Waals surface area contributed by atoms with Crippen molar-refractivity contribution in [2.75, 3.05) is 0 Å². The molecule has 0 N–H and O–H groups in total. The Morgan fingerprint density at radius 2 is 0.744 bits per heavy atom. The van der Waals surface area contributed by atoms with E-state index < -0.39 is 0 Å². The summed E-state index contributed by atoms with van der Waals surface area (Å²) in [6.45, 7) is 0. The summed E-state index contributed by atoms with van der Waals surface area (Å²) in [7, 11) is 0. The Labute approximate surface area is 226 Å². The normalized spacial score (nSPS) is 12.2. The lowest BCUT2D eigenvalue weighted by Gasteiger charge is -2.04. The van der Waals surface area contributed by atoms with Crippen LogP contribution in [-0.4, -0.2) is 23.8 Å². The van der Waals surface area contributed by atoms with Crippen molar-refractivity contribution in [1.82, 2.24) is 23.8 Å². The molecule has 4 heterocycles. The third-order valence-electron chi connectivity index (χ3n) is 7.88. The molecule has 4 aromatic heterocycles. The minimum absolute atomic E-state index is 0.151. The number of fused-ring (bicyclic) bond motifs is 13. The Kier molecular flexibility index (Phi) is 4.05. The number of aromatic nitrogens is 5. The second kappa shape index (κ2) is 7.53. The first kappa shape index (κ1) is 21.0. The fourth-order valence-electron chi connectivity index (χ4n) is 6.37. The first-order valence-corrected chi connectivity index (χ1v) is 13.2. The van der Waals surface area contributed by atoms with Crippen molar-refractivity contribution < 1.29 is 0 Å². The molecule has 182 valence electrons. The van der Waals surface area contributed by atoms with E-state index in [9.17, 15) is 0 Å². The van der Waals surface area contributed by atoms with Crippen LogP contribution in [0, 0.1) is 0 Å². The summed E-state index contributed by atoms with van der Waals surface area (Å²) in [5.74, 6) is 0.984. The molecule has 5 aromatic carbocycles. The average molecular weight is 520 g/mol. The van der Waals surface area contributed by atoms with Crippen molar-refractivity contribution in [1.29, 1.82) is 0 Å². The Hall–Kier alpha value is -5.00. The van der Waals surface area contributed by atoms with Crippen molar-refractivity contribution in [3.63, 3.8) is 0 Å².